The summed E-state index contributed by atoms with van der Waals surface area (Å²) in [5, 5.41) is 13.3. The maximum Gasteiger partial charge on any atom is 0.372 e. The molecule has 1 aromatic carbocycles. The Balaban J connectivity index is 2.38. The van der Waals surface area contributed by atoms with Crippen LogP contribution in [-0.4, -0.2) is 32.8 Å². The van der Waals surface area contributed by atoms with E-state index in [9.17, 15) is 4.79 Å². The first-order valence-corrected chi connectivity index (χ1v) is 8.38. The van der Waals surface area contributed by atoms with Crippen LogP contribution in [0, 0.1) is 0 Å². The summed E-state index contributed by atoms with van der Waals surface area (Å²) in [6, 6.07) is 7.34. The van der Waals surface area contributed by atoms with Gasteiger partial charge in [0.2, 0.25) is 0 Å². The Kier molecular flexibility index (Phi) is 5.36. The summed E-state index contributed by atoms with van der Waals surface area (Å²) in [6.45, 7) is 6.91. The predicted molar refractivity (Wildman–Crippen MR) is 92.7 cm³/mol. The highest BCUT2D eigenvalue weighted by Crippen LogP contribution is 2.35. The van der Waals surface area contributed by atoms with Gasteiger partial charge in [-0.25, -0.2) is 14.8 Å². The second-order valence-corrected chi connectivity index (χ2v) is 6.88. The van der Waals surface area contributed by atoms with E-state index >= 15 is 0 Å². The number of halogens is 1. The molecule has 7 heteroatoms. The third-order valence-corrected chi connectivity index (χ3v) is 4.27. The summed E-state index contributed by atoms with van der Waals surface area (Å²) in [4.78, 5) is 15.7. The molecule has 1 N–H and O–H groups in total. The highest BCUT2D eigenvalue weighted by atomic mass is 35.5. The molecule has 0 bridgehead atoms. The van der Waals surface area contributed by atoms with E-state index in [0.717, 1.165) is 36.8 Å². The van der Waals surface area contributed by atoms with Crippen LogP contribution in [0.3, 0.4) is 0 Å². The van der Waals surface area contributed by atoms with Crippen molar-refractivity contribution in [1.82, 2.24) is 5.01 Å². The fraction of sp³-hybridized carbons (Fsp3) is 0.467. The van der Waals surface area contributed by atoms with E-state index in [2.05, 4.69) is 16.9 Å². The molecular weight excluding hydrogens is 322 g/mol. The van der Waals surface area contributed by atoms with Crippen molar-refractivity contribution in [3.05, 3.63) is 29.3 Å². The van der Waals surface area contributed by atoms with Crippen molar-refractivity contribution in [2.45, 2.75) is 39.3 Å². The van der Waals surface area contributed by atoms with Gasteiger partial charge in [0.25, 0.3) is 0 Å². The number of amidine groups is 1. The van der Waals surface area contributed by atoms with Crippen molar-refractivity contribution >= 4 is 39.5 Å². The van der Waals surface area contributed by atoms with Crippen LogP contribution in [0.1, 0.15) is 33.6 Å². The molecule has 0 amide bonds. The Labute approximate surface area is 139 Å². The van der Waals surface area contributed by atoms with Crippen molar-refractivity contribution < 1.29 is 9.90 Å². The number of nitrogens with zero attached hydrogens (tertiary/aromatic N) is 3. The maximum atomic E-state index is 11.1. The zero-order valence-corrected chi connectivity index (χ0v) is 14.5. The van der Waals surface area contributed by atoms with Crippen LogP contribution in [0.4, 0.5) is 10.5 Å². The summed E-state index contributed by atoms with van der Waals surface area (Å²) in [7, 11) is 0. The van der Waals surface area contributed by atoms with Gasteiger partial charge in [-0.2, -0.15) is 5.01 Å². The highest BCUT2D eigenvalue weighted by Gasteiger charge is 2.41. The summed E-state index contributed by atoms with van der Waals surface area (Å²) >= 11 is 6.68. The van der Waals surface area contributed by atoms with Crippen molar-refractivity contribution in [3.8, 4) is 0 Å². The largest absolute Gasteiger partial charge is 0.473 e. The first-order chi connectivity index (χ1) is 10.3. The molecule has 0 unspecified atom stereocenters. The zero-order valence-electron chi connectivity index (χ0n) is 12.9. The molecule has 1 aliphatic rings. The van der Waals surface area contributed by atoms with Gasteiger partial charge in [-0.05, 0) is 44.5 Å². The molecule has 1 heterocycles. The maximum absolute atomic E-state index is 11.1. The van der Waals surface area contributed by atoms with Crippen LogP contribution in [0.5, 0.6) is 0 Å². The molecule has 0 spiro atoms. The van der Waals surface area contributed by atoms with E-state index in [-0.39, 0.29) is 0 Å². The Morgan fingerprint density at radius 1 is 1.36 bits per heavy atom. The zero-order chi connectivity index (χ0) is 16.3. The molecule has 0 aromatic heterocycles. The summed E-state index contributed by atoms with van der Waals surface area (Å²) in [6.07, 6.45) is 2.07. The molecule has 1 aromatic rings. The second-order valence-electron chi connectivity index (χ2n) is 5.52. The minimum atomic E-state index is -0.967. The molecule has 0 saturated heterocycles. The SMILES string of the molecule is CCCCN1N(c2ccc(Cl)cc2)C(SC(=O)O)=NC1(C)C. The molecule has 0 saturated carbocycles. The molecule has 0 atom stereocenters. The van der Waals surface area contributed by atoms with Crippen molar-refractivity contribution in [3.63, 3.8) is 0 Å². The summed E-state index contributed by atoms with van der Waals surface area (Å²) < 4.78 is 0. The fourth-order valence-corrected chi connectivity index (χ4v) is 3.19. The molecule has 0 radical (unpaired) electrons. The van der Waals surface area contributed by atoms with Crippen molar-refractivity contribution in [2.24, 2.45) is 4.99 Å². The number of unbranched alkanes of at least 4 members (excludes halogenated alkanes) is 1. The number of benzene rings is 1. The number of hydrogen-bond donors (Lipinski definition) is 1. The van der Waals surface area contributed by atoms with E-state index in [0.29, 0.717) is 10.2 Å². The number of hydrazine groups is 1. The number of carbonyl (C=O) groups is 1. The first-order valence-electron chi connectivity index (χ1n) is 7.19. The van der Waals surface area contributed by atoms with Gasteiger partial charge in [0, 0.05) is 23.3 Å². The lowest BCUT2D eigenvalue weighted by Gasteiger charge is -2.36. The van der Waals surface area contributed by atoms with Gasteiger partial charge in [-0.3, -0.25) is 0 Å². The Bertz CT molecular complexity index is 575. The van der Waals surface area contributed by atoms with Crippen LogP contribution in [-0.2, 0) is 0 Å². The van der Waals surface area contributed by atoms with E-state index in [4.69, 9.17) is 16.7 Å². The molecule has 5 nitrogen and oxygen atoms in total. The van der Waals surface area contributed by atoms with Crippen LogP contribution < -0.4 is 5.01 Å². The number of aliphatic imine (C=N–C) groups is 1. The number of hydrogen-bond acceptors (Lipinski definition) is 5. The Morgan fingerprint density at radius 2 is 2.00 bits per heavy atom. The molecular formula is C15H20ClN3O2S. The van der Waals surface area contributed by atoms with Gasteiger partial charge in [0.05, 0.1) is 5.69 Å². The molecule has 0 fully saturated rings. The Morgan fingerprint density at radius 3 is 2.55 bits per heavy atom. The predicted octanol–water partition coefficient (Wildman–Crippen LogP) is 4.68. The van der Waals surface area contributed by atoms with Gasteiger partial charge in [0.1, 0.15) is 5.66 Å². The van der Waals surface area contributed by atoms with E-state index in [1.165, 1.54) is 0 Å². The summed E-state index contributed by atoms with van der Waals surface area (Å²) in [5.74, 6) is 0. The topological polar surface area (TPSA) is 56.1 Å². The van der Waals surface area contributed by atoms with Gasteiger partial charge < -0.3 is 5.11 Å². The number of carboxylic acid groups (broad SMARTS) is 1. The van der Waals surface area contributed by atoms with Crippen LogP contribution >= 0.6 is 23.4 Å². The monoisotopic (exact) mass is 341 g/mol. The quantitative estimate of drug-likeness (QED) is 0.861. The number of rotatable bonds is 4. The molecule has 2 rings (SSSR count). The second kappa shape index (κ2) is 6.89. The van der Waals surface area contributed by atoms with Crippen LogP contribution in [0.2, 0.25) is 5.02 Å². The van der Waals surface area contributed by atoms with Crippen molar-refractivity contribution in [1.29, 1.82) is 0 Å². The third-order valence-electron chi connectivity index (χ3n) is 3.40. The van der Waals surface area contributed by atoms with Gasteiger partial charge in [-0.1, -0.05) is 24.9 Å². The minimum absolute atomic E-state index is 0.468. The summed E-state index contributed by atoms with van der Waals surface area (Å²) in [5.41, 5.74) is 0.380. The van der Waals surface area contributed by atoms with Gasteiger partial charge in [0.15, 0.2) is 5.17 Å². The molecule has 22 heavy (non-hydrogen) atoms. The lowest BCUT2D eigenvalue weighted by molar-refractivity contribution is 0.152. The molecule has 1 aliphatic heterocycles. The minimum Gasteiger partial charge on any atom is -0.473 e. The Hall–Kier alpha value is -1.24. The molecule has 120 valence electrons. The highest BCUT2D eigenvalue weighted by molar-refractivity contribution is 8.26. The normalized spacial score (nSPS) is 17.6. The number of thioether (sulfide) groups is 1. The van der Waals surface area contributed by atoms with E-state index in [1.54, 1.807) is 12.1 Å². The van der Waals surface area contributed by atoms with Crippen molar-refractivity contribution in [2.75, 3.05) is 11.6 Å². The number of anilines is 1. The molecule has 0 aliphatic carbocycles. The first kappa shape index (κ1) is 17.1. The average molecular weight is 342 g/mol. The van der Waals surface area contributed by atoms with Gasteiger partial charge in [-0.15, -0.1) is 0 Å². The van der Waals surface area contributed by atoms with E-state index in [1.807, 2.05) is 31.0 Å². The standard InChI is InChI=1S/C15H20ClN3O2S/c1-4-5-10-18-15(2,3)17-13(22-14(20)21)19(18)12-8-6-11(16)7-9-12/h6-9H,4-5,10H2,1-3H3,(H,20,21). The smallest absolute Gasteiger partial charge is 0.372 e. The fourth-order valence-electron chi connectivity index (χ4n) is 2.34. The van der Waals surface area contributed by atoms with Crippen LogP contribution in [0.25, 0.3) is 0 Å². The van der Waals surface area contributed by atoms with Gasteiger partial charge >= 0.3 is 5.30 Å². The lowest BCUT2D eigenvalue weighted by atomic mass is 10.2. The third kappa shape index (κ3) is 3.74. The average Bonchev–Trinajstić information content (AvgIpc) is 2.67. The van der Waals surface area contributed by atoms with E-state index < -0.39 is 11.0 Å². The van der Waals surface area contributed by atoms with Crippen LogP contribution in [0.15, 0.2) is 29.3 Å². The lowest BCUT2D eigenvalue weighted by Crippen LogP contribution is -2.49.